The van der Waals surface area contributed by atoms with Crippen molar-refractivity contribution in [2.24, 2.45) is 11.5 Å². The number of fused-ring (bicyclic) bond motifs is 2. The number of hydrogen-bond acceptors (Lipinski definition) is 4. The smallest absolute Gasteiger partial charge is 0.320 e. The maximum atomic E-state index is 10.6. The number of hydrogen-bond donors (Lipinski definition) is 6. The zero-order chi connectivity index (χ0) is 21.7. The zero-order valence-corrected chi connectivity index (χ0v) is 16.2. The molecule has 2 aromatic heterocycles. The van der Waals surface area contributed by atoms with Crippen molar-refractivity contribution < 1.29 is 19.8 Å². The SMILES string of the molecule is NC(Cc1c[nH]c2ccccc12)C(=O)O.N[C@H](Cc1c[nH]c2ccccc12)C(=O)O. The highest BCUT2D eigenvalue weighted by molar-refractivity contribution is 5.85. The molecule has 0 saturated carbocycles. The second kappa shape index (κ2) is 9.25. The molecule has 0 fully saturated rings. The number of carboxylic acid groups (broad SMARTS) is 2. The van der Waals surface area contributed by atoms with Crippen molar-refractivity contribution in [3.05, 3.63) is 72.1 Å². The van der Waals surface area contributed by atoms with Gasteiger partial charge in [-0.2, -0.15) is 0 Å². The molecule has 0 radical (unpaired) electrons. The van der Waals surface area contributed by atoms with Gasteiger partial charge in [-0.05, 0) is 23.3 Å². The van der Waals surface area contributed by atoms with Gasteiger partial charge in [0.1, 0.15) is 12.1 Å². The lowest BCUT2D eigenvalue weighted by Gasteiger charge is -2.04. The summed E-state index contributed by atoms with van der Waals surface area (Å²) in [6.45, 7) is 0. The first-order valence-electron chi connectivity index (χ1n) is 9.43. The van der Waals surface area contributed by atoms with E-state index in [0.717, 1.165) is 32.9 Å². The predicted molar refractivity (Wildman–Crippen MR) is 115 cm³/mol. The molecule has 0 aliphatic heterocycles. The Hall–Kier alpha value is -3.62. The highest BCUT2D eigenvalue weighted by atomic mass is 16.4. The van der Waals surface area contributed by atoms with Crippen LogP contribution in [0.15, 0.2) is 60.9 Å². The molecule has 30 heavy (non-hydrogen) atoms. The summed E-state index contributed by atoms with van der Waals surface area (Å²) >= 11 is 0. The van der Waals surface area contributed by atoms with Crippen LogP contribution in [0, 0.1) is 0 Å². The number of aliphatic carboxylic acids is 2. The molecule has 1 unspecified atom stereocenters. The molecule has 156 valence electrons. The van der Waals surface area contributed by atoms with Gasteiger partial charge >= 0.3 is 11.9 Å². The first-order valence-corrected chi connectivity index (χ1v) is 9.43. The second-order valence-electron chi connectivity index (χ2n) is 7.02. The second-order valence-corrected chi connectivity index (χ2v) is 7.02. The van der Waals surface area contributed by atoms with E-state index < -0.39 is 24.0 Å². The van der Waals surface area contributed by atoms with Crippen molar-refractivity contribution in [1.82, 2.24) is 9.97 Å². The van der Waals surface area contributed by atoms with Crippen molar-refractivity contribution in [3.8, 4) is 0 Å². The Balaban J connectivity index is 0.000000171. The van der Waals surface area contributed by atoms with Gasteiger partial charge in [-0.15, -0.1) is 0 Å². The van der Waals surface area contributed by atoms with Crippen LogP contribution in [0.5, 0.6) is 0 Å². The fraction of sp³-hybridized carbons (Fsp3) is 0.182. The fourth-order valence-electron chi connectivity index (χ4n) is 3.25. The molecule has 8 nitrogen and oxygen atoms in total. The van der Waals surface area contributed by atoms with Crippen LogP contribution in [0.4, 0.5) is 0 Å². The summed E-state index contributed by atoms with van der Waals surface area (Å²) in [7, 11) is 0. The molecule has 8 heteroatoms. The van der Waals surface area contributed by atoms with Crippen molar-refractivity contribution in [2.45, 2.75) is 24.9 Å². The summed E-state index contributed by atoms with van der Waals surface area (Å²) in [4.78, 5) is 27.4. The number of aromatic nitrogens is 2. The molecule has 2 heterocycles. The molecule has 4 rings (SSSR count). The summed E-state index contributed by atoms with van der Waals surface area (Å²) in [5.74, 6) is -1.94. The number of rotatable bonds is 6. The number of nitrogens with one attached hydrogen (secondary N) is 2. The van der Waals surface area contributed by atoms with Crippen LogP contribution in [-0.4, -0.2) is 44.2 Å². The zero-order valence-electron chi connectivity index (χ0n) is 16.2. The minimum Gasteiger partial charge on any atom is -0.480 e. The Kier molecular flexibility index (Phi) is 6.51. The lowest BCUT2D eigenvalue weighted by molar-refractivity contribution is -0.139. The van der Waals surface area contributed by atoms with Crippen LogP contribution in [0.25, 0.3) is 21.8 Å². The van der Waals surface area contributed by atoms with Gasteiger partial charge in [0.15, 0.2) is 0 Å². The van der Waals surface area contributed by atoms with Crippen molar-refractivity contribution >= 4 is 33.7 Å². The number of benzene rings is 2. The quantitative estimate of drug-likeness (QED) is 0.287. The van der Waals surface area contributed by atoms with Gasteiger partial charge in [0, 0.05) is 47.0 Å². The topological polar surface area (TPSA) is 158 Å². The van der Waals surface area contributed by atoms with Crippen LogP contribution in [0.3, 0.4) is 0 Å². The summed E-state index contributed by atoms with van der Waals surface area (Å²) in [5.41, 5.74) is 14.9. The average molecular weight is 408 g/mol. The van der Waals surface area contributed by atoms with Gasteiger partial charge in [-0.3, -0.25) is 9.59 Å². The van der Waals surface area contributed by atoms with Gasteiger partial charge < -0.3 is 31.6 Å². The van der Waals surface area contributed by atoms with E-state index in [2.05, 4.69) is 9.97 Å². The van der Waals surface area contributed by atoms with E-state index in [1.165, 1.54) is 0 Å². The normalized spacial score (nSPS) is 12.9. The molecule has 0 amide bonds. The number of aromatic amines is 2. The molecule has 0 aliphatic carbocycles. The van der Waals surface area contributed by atoms with Gasteiger partial charge in [0.2, 0.25) is 0 Å². The Morgan fingerprint density at radius 1 is 0.733 bits per heavy atom. The van der Waals surface area contributed by atoms with Gasteiger partial charge in [0.05, 0.1) is 0 Å². The van der Waals surface area contributed by atoms with E-state index in [4.69, 9.17) is 21.7 Å². The molecule has 0 bridgehead atoms. The van der Waals surface area contributed by atoms with E-state index >= 15 is 0 Å². The highest BCUT2D eigenvalue weighted by Crippen LogP contribution is 2.19. The molecular weight excluding hydrogens is 384 g/mol. The van der Waals surface area contributed by atoms with E-state index in [1.807, 2.05) is 60.9 Å². The summed E-state index contributed by atoms with van der Waals surface area (Å²) < 4.78 is 0. The maximum Gasteiger partial charge on any atom is 0.320 e. The Morgan fingerprint density at radius 2 is 1.10 bits per heavy atom. The van der Waals surface area contributed by atoms with Gasteiger partial charge in [-0.1, -0.05) is 36.4 Å². The Labute approximate surface area is 172 Å². The number of carbonyl (C=O) groups is 2. The number of nitrogens with two attached hydrogens (primary N) is 2. The van der Waals surface area contributed by atoms with Gasteiger partial charge in [0.25, 0.3) is 0 Å². The van der Waals surface area contributed by atoms with Crippen LogP contribution in [0.1, 0.15) is 11.1 Å². The molecule has 8 N–H and O–H groups in total. The first kappa shape index (κ1) is 21.1. The third-order valence-electron chi connectivity index (χ3n) is 4.86. The summed E-state index contributed by atoms with van der Waals surface area (Å²) in [6.07, 6.45) is 4.32. The molecule has 0 aliphatic rings. The first-order chi connectivity index (χ1) is 14.4. The summed E-state index contributed by atoms with van der Waals surface area (Å²) in [6, 6.07) is 13.8. The van der Waals surface area contributed by atoms with Crippen molar-refractivity contribution in [3.63, 3.8) is 0 Å². The van der Waals surface area contributed by atoms with Crippen LogP contribution < -0.4 is 11.5 Å². The monoisotopic (exact) mass is 408 g/mol. The predicted octanol–water partition coefficient (Wildman–Crippen LogP) is 2.24. The number of carboxylic acids is 2. The standard InChI is InChI=1S/2C11H12N2O2/c2*12-9(11(14)15)5-7-6-13-10-4-2-1-3-8(7)10/h2*1-4,6,9,13H,5,12H2,(H,14,15)/t9-;/m1./s1. The van der Waals surface area contributed by atoms with Gasteiger partial charge in [-0.25, -0.2) is 0 Å². The van der Waals surface area contributed by atoms with E-state index in [0.29, 0.717) is 12.8 Å². The minimum atomic E-state index is -0.972. The average Bonchev–Trinajstić information content (AvgIpc) is 3.33. The van der Waals surface area contributed by atoms with Crippen molar-refractivity contribution in [1.29, 1.82) is 0 Å². The Bertz CT molecular complexity index is 1070. The highest BCUT2D eigenvalue weighted by Gasteiger charge is 2.15. The molecule has 2 aromatic carbocycles. The molecule has 4 aromatic rings. The largest absolute Gasteiger partial charge is 0.480 e. The summed E-state index contributed by atoms with van der Waals surface area (Å²) in [5, 5.41) is 19.5. The fourth-order valence-corrected chi connectivity index (χ4v) is 3.25. The van der Waals surface area contributed by atoms with E-state index in [1.54, 1.807) is 0 Å². The van der Waals surface area contributed by atoms with Crippen LogP contribution >= 0.6 is 0 Å². The minimum absolute atomic E-state index is 0.347. The van der Waals surface area contributed by atoms with Crippen LogP contribution in [0.2, 0.25) is 0 Å². The molecule has 2 atom stereocenters. The van der Waals surface area contributed by atoms with Crippen molar-refractivity contribution in [2.75, 3.05) is 0 Å². The Morgan fingerprint density at radius 3 is 1.47 bits per heavy atom. The third-order valence-corrected chi connectivity index (χ3v) is 4.86. The molecule has 0 spiro atoms. The number of H-pyrrole nitrogens is 2. The van der Waals surface area contributed by atoms with E-state index in [9.17, 15) is 9.59 Å². The van der Waals surface area contributed by atoms with Crippen LogP contribution in [-0.2, 0) is 22.4 Å². The molecule has 0 saturated heterocycles. The third kappa shape index (κ3) is 4.86. The van der Waals surface area contributed by atoms with E-state index in [-0.39, 0.29) is 0 Å². The lowest BCUT2D eigenvalue weighted by atomic mass is 10.1. The lowest BCUT2D eigenvalue weighted by Crippen LogP contribution is -2.32. The maximum absolute atomic E-state index is 10.6. The number of para-hydroxylation sites is 2. The molecular formula is C22H24N4O4.